The number of urea groups is 1. The number of hydrogen-bond donors (Lipinski definition) is 0. The second kappa shape index (κ2) is 8.77. The lowest BCUT2D eigenvalue weighted by atomic mass is 10.2. The lowest BCUT2D eigenvalue weighted by Crippen LogP contribution is -2.56. The summed E-state index contributed by atoms with van der Waals surface area (Å²) in [6.45, 7) is 1.72. The molecule has 2 rings (SSSR count). The van der Waals surface area contributed by atoms with Crippen LogP contribution in [0.1, 0.15) is 25.3 Å². The molecule has 0 saturated carbocycles. The highest BCUT2D eigenvalue weighted by Crippen LogP contribution is 2.13. The molecule has 0 aromatic heterocycles. The van der Waals surface area contributed by atoms with Crippen molar-refractivity contribution >= 4 is 30.2 Å². The third kappa shape index (κ3) is 4.76. The third-order valence-electron chi connectivity index (χ3n) is 3.78. The summed E-state index contributed by atoms with van der Waals surface area (Å²) in [7, 11) is 0. The lowest BCUT2D eigenvalue weighted by molar-refractivity contribution is -0.152. The fourth-order valence-corrected chi connectivity index (χ4v) is 2.58. The fourth-order valence-electron chi connectivity index (χ4n) is 2.58. The summed E-state index contributed by atoms with van der Waals surface area (Å²) in [5, 5.41) is 1.53. The highest BCUT2D eigenvalue weighted by molar-refractivity contribution is 5.99. The Balaban J connectivity index is 2.21. The van der Waals surface area contributed by atoms with Gasteiger partial charge < -0.3 is 4.90 Å². The van der Waals surface area contributed by atoms with E-state index in [0.717, 1.165) is 23.4 Å². The topological polar surface area (TPSA) is 78.0 Å². The van der Waals surface area contributed by atoms with Gasteiger partial charge in [0.25, 0.3) is 5.91 Å². The van der Waals surface area contributed by atoms with Crippen molar-refractivity contribution < 1.29 is 19.2 Å². The average molecular weight is 342 g/mol. The van der Waals surface area contributed by atoms with Gasteiger partial charge in [0, 0.05) is 26.1 Å². The minimum Gasteiger partial charge on any atom is -0.323 e. The van der Waals surface area contributed by atoms with E-state index in [9.17, 15) is 19.2 Å². The molecule has 1 fully saturated rings. The Kier molecular flexibility index (Phi) is 6.45. The number of nitrogens with zero attached hydrogens (tertiary/aromatic N) is 3. The van der Waals surface area contributed by atoms with Crippen LogP contribution in [0.4, 0.5) is 4.79 Å². The Morgan fingerprint density at radius 2 is 1.80 bits per heavy atom. The van der Waals surface area contributed by atoms with Crippen LogP contribution in [-0.2, 0) is 14.4 Å². The van der Waals surface area contributed by atoms with Crippen molar-refractivity contribution in [3.63, 3.8) is 0 Å². The van der Waals surface area contributed by atoms with E-state index in [1.165, 1.54) is 17.9 Å². The fraction of sp³-hybridized carbons (Fsp3) is 0.333. The van der Waals surface area contributed by atoms with Gasteiger partial charge in [0.2, 0.25) is 12.2 Å². The molecule has 1 radical (unpaired) electrons. The monoisotopic (exact) mass is 342 g/mol. The Morgan fingerprint density at radius 3 is 2.36 bits per heavy atom. The van der Waals surface area contributed by atoms with Crippen LogP contribution in [0.5, 0.6) is 0 Å². The predicted molar refractivity (Wildman–Crippen MR) is 91.6 cm³/mol. The van der Waals surface area contributed by atoms with Crippen LogP contribution < -0.4 is 0 Å². The molecule has 1 aliphatic rings. The molecule has 25 heavy (non-hydrogen) atoms. The minimum absolute atomic E-state index is 0.503. The Morgan fingerprint density at radius 1 is 1.16 bits per heavy atom. The Labute approximate surface area is 146 Å². The normalized spacial score (nSPS) is 13.7. The van der Waals surface area contributed by atoms with Gasteiger partial charge in [-0.2, -0.15) is 5.01 Å². The maximum Gasteiger partial charge on any atom is 0.346 e. The van der Waals surface area contributed by atoms with Gasteiger partial charge in [-0.05, 0) is 24.5 Å². The summed E-state index contributed by atoms with van der Waals surface area (Å²) in [4.78, 5) is 49.4. The minimum atomic E-state index is -0.644. The summed E-state index contributed by atoms with van der Waals surface area (Å²) >= 11 is 0. The van der Waals surface area contributed by atoms with Crippen LogP contribution in [0.15, 0.2) is 36.4 Å². The van der Waals surface area contributed by atoms with Crippen molar-refractivity contribution in [2.45, 2.75) is 19.8 Å². The van der Waals surface area contributed by atoms with Crippen molar-refractivity contribution in [1.82, 2.24) is 14.9 Å². The number of hydrogen-bond acceptors (Lipinski definition) is 4. The highest BCUT2D eigenvalue weighted by Gasteiger charge is 2.33. The molecule has 1 aromatic rings. The number of rotatable bonds is 4. The summed E-state index contributed by atoms with van der Waals surface area (Å²) in [5.41, 5.74) is 0.783. The van der Waals surface area contributed by atoms with Crippen LogP contribution >= 0.6 is 0 Å². The first-order valence-corrected chi connectivity index (χ1v) is 8.03. The molecule has 0 N–H and O–H groups in total. The first-order chi connectivity index (χ1) is 12.0. The van der Waals surface area contributed by atoms with Crippen LogP contribution in [-0.4, -0.2) is 58.7 Å². The molecule has 1 aromatic carbocycles. The van der Waals surface area contributed by atoms with E-state index in [1.54, 1.807) is 24.5 Å². The molecule has 0 spiro atoms. The van der Waals surface area contributed by atoms with Gasteiger partial charge in [0.05, 0.1) is 0 Å². The number of imide groups is 1. The molecule has 0 atom stereocenters. The van der Waals surface area contributed by atoms with Crippen LogP contribution in [0.2, 0.25) is 0 Å². The molecule has 131 valence electrons. The zero-order chi connectivity index (χ0) is 18.2. The largest absolute Gasteiger partial charge is 0.346 e. The summed E-state index contributed by atoms with van der Waals surface area (Å²) in [6.07, 6.45) is 6.05. The van der Waals surface area contributed by atoms with Gasteiger partial charge in [0.1, 0.15) is 6.54 Å². The zero-order valence-corrected chi connectivity index (χ0v) is 14.1. The second-order valence-electron chi connectivity index (χ2n) is 5.59. The standard InChI is InChI=1S/C18H20N3O4/c1-15(23)21(18(25)19-11-5-6-12-19)20(13-14-22)17(24)10-9-16-7-3-2-4-8-16/h2-4,7-10H,5-6,11-13H2,1H3. The molecule has 0 aliphatic carbocycles. The van der Waals surface area contributed by atoms with Crippen molar-refractivity contribution in [3.8, 4) is 0 Å². The molecule has 0 bridgehead atoms. The van der Waals surface area contributed by atoms with Crippen molar-refractivity contribution in [1.29, 1.82) is 0 Å². The number of benzene rings is 1. The molecular weight excluding hydrogens is 322 g/mol. The van der Waals surface area contributed by atoms with Gasteiger partial charge in [-0.25, -0.2) is 9.80 Å². The van der Waals surface area contributed by atoms with E-state index < -0.39 is 24.4 Å². The Bertz CT molecular complexity index is 666. The van der Waals surface area contributed by atoms with Crippen molar-refractivity contribution in [2.75, 3.05) is 19.6 Å². The molecule has 7 nitrogen and oxygen atoms in total. The van der Waals surface area contributed by atoms with E-state index >= 15 is 0 Å². The average Bonchev–Trinajstić information content (AvgIpc) is 3.14. The lowest BCUT2D eigenvalue weighted by Gasteiger charge is -2.32. The van der Waals surface area contributed by atoms with E-state index in [4.69, 9.17) is 0 Å². The van der Waals surface area contributed by atoms with E-state index in [2.05, 4.69) is 0 Å². The third-order valence-corrected chi connectivity index (χ3v) is 3.78. The molecule has 1 aliphatic heterocycles. The summed E-state index contributed by atoms with van der Waals surface area (Å²) in [6, 6.07) is 8.50. The van der Waals surface area contributed by atoms with Crippen molar-refractivity contribution in [2.24, 2.45) is 0 Å². The molecule has 7 heteroatoms. The Hall–Kier alpha value is -2.96. The molecule has 1 saturated heterocycles. The smallest absolute Gasteiger partial charge is 0.323 e. The number of amides is 4. The van der Waals surface area contributed by atoms with E-state index in [0.29, 0.717) is 18.1 Å². The van der Waals surface area contributed by atoms with Gasteiger partial charge in [0.15, 0.2) is 0 Å². The number of hydrazine groups is 1. The van der Waals surface area contributed by atoms with Crippen molar-refractivity contribution in [3.05, 3.63) is 42.0 Å². The van der Waals surface area contributed by atoms with Crippen LogP contribution in [0.25, 0.3) is 6.08 Å². The SMILES string of the molecule is CC(=O)N(C(=O)N1CCCC1)N(C[C]=O)C(=O)C=Cc1ccccc1. The maximum absolute atomic E-state index is 12.6. The zero-order valence-electron chi connectivity index (χ0n) is 14.1. The van der Waals surface area contributed by atoms with Gasteiger partial charge in [-0.15, -0.1) is 0 Å². The highest BCUT2D eigenvalue weighted by atomic mass is 16.2. The van der Waals surface area contributed by atoms with E-state index in [-0.39, 0.29) is 0 Å². The quantitative estimate of drug-likeness (QED) is 0.615. The van der Waals surface area contributed by atoms with Crippen LogP contribution in [0, 0.1) is 0 Å². The summed E-state index contributed by atoms with van der Waals surface area (Å²) in [5.74, 6) is -1.27. The molecule has 4 amide bonds. The van der Waals surface area contributed by atoms with E-state index in [1.807, 2.05) is 18.2 Å². The molecule has 0 unspecified atom stereocenters. The summed E-state index contributed by atoms with van der Waals surface area (Å²) < 4.78 is 0. The predicted octanol–water partition coefficient (Wildman–Crippen LogP) is 1.62. The maximum atomic E-state index is 12.6. The first kappa shape index (κ1) is 18.4. The van der Waals surface area contributed by atoms with Gasteiger partial charge >= 0.3 is 6.03 Å². The number of carbonyl (C=O) groups is 3. The molecule has 1 heterocycles. The second-order valence-corrected chi connectivity index (χ2v) is 5.59. The van der Waals surface area contributed by atoms with Crippen LogP contribution in [0.3, 0.4) is 0 Å². The van der Waals surface area contributed by atoms with Gasteiger partial charge in [-0.3, -0.25) is 14.4 Å². The number of likely N-dealkylation sites (tertiary alicyclic amines) is 1. The molecular formula is C18H20N3O4. The number of carbonyl (C=O) groups excluding carboxylic acids is 4. The first-order valence-electron chi connectivity index (χ1n) is 8.03. The van der Waals surface area contributed by atoms with Gasteiger partial charge in [-0.1, -0.05) is 30.3 Å².